The molecule has 0 aliphatic carbocycles. The standard InChI is InChI=1S/C18H21NO6/c1-10(2)17-16(11(3)19-25-17)18(21)24-9-14(20)13-8-12(22-4)6-7-15(13)23-5/h6-8,10H,9H2,1-5H3. The van der Waals surface area contributed by atoms with Crippen molar-refractivity contribution in [2.75, 3.05) is 20.8 Å². The molecule has 0 saturated carbocycles. The molecule has 134 valence electrons. The zero-order chi connectivity index (χ0) is 18.6. The molecule has 0 saturated heterocycles. The van der Waals surface area contributed by atoms with E-state index in [0.29, 0.717) is 23.0 Å². The van der Waals surface area contributed by atoms with Gasteiger partial charge in [0, 0.05) is 5.92 Å². The third-order valence-corrected chi connectivity index (χ3v) is 3.66. The summed E-state index contributed by atoms with van der Waals surface area (Å²) in [6.07, 6.45) is 0. The minimum atomic E-state index is -0.641. The van der Waals surface area contributed by atoms with E-state index in [4.69, 9.17) is 18.7 Å². The Hall–Kier alpha value is -2.83. The van der Waals surface area contributed by atoms with Gasteiger partial charge in [0.05, 0.1) is 25.5 Å². The van der Waals surface area contributed by atoms with Crippen molar-refractivity contribution < 1.29 is 28.3 Å². The number of aromatic nitrogens is 1. The number of carbonyl (C=O) groups is 2. The maximum absolute atomic E-state index is 12.4. The first-order valence-electron chi connectivity index (χ1n) is 7.77. The maximum atomic E-state index is 12.4. The van der Waals surface area contributed by atoms with Crippen molar-refractivity contribution in [3.05, 3.63) is 40.8 Å². The number of esters is 1. The molecule has 25 heavy (non-hydrogen) atoms. The quantitative estimate of drug-likeness (QED) is 0.561. The summed E-state index contributed by atoms with van der Waals surface area (Å²) < 4.78 is 20.6. The number of aryl methyl sites for hydroxylation is 1. The molecular formula is C18H21NO6. The van der Waals surface area contributed by atoms with Crippen LogP contribution in [-0.4, -0.2) is 37.7 Å². The lowest BCUT2D eigenvalue weighted by Gasteiger charge is -2.10. The Kier molecular flexibility index (Phi) is 5.80. The van der Waals surface area contributed by atoms with Gasteiger partial charge in [-0.25, -0.2) is 4.79 Å². The number of benzene rings is 1. The normalized spacial score (nSPS) is 10.6. The largest absolute Gasteiger partial charge is 0.497 e. The van der Waals surface area contributed by atoms with Crippen LogP contribution in [0.3, 0.4) is 0 Å². The average Bonchev–Trinajstić information content (AvgIpc) is 3.00. The van der Waals surface area contributed by atoms with Crippen molar-refractivity contribution in [2.45, 2.75) is 26.7 Å². The highest BCUT2D eigenvalue weighted by Crippen LogP contribution is 2.25. The minimum Gasteiger partial charge on any atom is -0.497 e. The highest BCUT2D eigenvalue weighted by molar-refractivity contribution is 6.02. The monoisotopic (exact) mass is 347 g/mol. The molecule has 0 unspecified atom stereocenters. The first kappa shape index (κ1) is 18.5. The van der Waals surface area contributed by atoms with Crippen molar-refractivity contribution in [1.82, 2.24) is 5.16 Å². The van der Waals surface area contributed by atoms with Gasteiger partial charge in [0.2, 0.25) is 5.78 Å². The van der Waals surface area contributed by atoms with E-state index >= 15 is 0 Å². The van der Waals surface area contributed by atoms with Crippen molar-refractivity contribution >= 4 is 11.8 Å². The summed E-state index contributed by atoms with van der Waals surface area (Å²) in [5, 5.41) is 3.80. The number of ether oxygens (including phenoxy) is 3. The van der Waals surface area contributed by atoms with Gasteiger partial charge in [0.1, 0.15) is 17.1 Å². The Morgan fingerprint density at radius 3 is 2.52 bits per heavy atom. The van der Waals surface area contributed by atoms with Gasteiger partial charge in [-0.1, -0.05) is 19.0 Å². The van der Waals surface area contributed by atoms with E-state index in [1.54, 1.807) is 25.1 Å². The lowest BCUT2D eigenvalue weighted by atomic mass is 10.1. The summed E-state index contributed by atoms with van der Waals surface area (Å²) in [6, 6.07) is 4.84. The molecule has 0 fully saturated rings. The number of hydrogen-bond acceptors (Lipinski definition) is 7. The molecular weight excluding hydrogens is 326 g/mol. The van der Waals surface area contributed by atoms with Gasteiger partial charge in [0.25, 0.3) is 0 Å². The summed E-state index contributed by atoms with van der Waals surface area (Å²) in [5.74, 6) is 0.257. The molecule has 0 aliphatic rings. The van der Waals surface area contributed by atoms with Crippen LogP contribution in [0.15, 0.2) is 22.7 Å². The van der Waals surface area contributed by atoms with Gasteiger partial charge in [-0.15, -0.1) is 0 Å². The van der Waals surface area contributed by atoms with Gasteiger partial charge >= 0.3 is 5.97 Å². The van der Waals surface area contributed by atoms with E-state index in [-0.39, 0.29) is 17.0 Å². The van der Waals surface area contributed by atoms with Crippen LogP contribution in [0.25, 0.3) is 0 Å². The predicted octanol–water partition coefficient (Wildman–Crippen LogP) is 3.16. The van der Waals surface area contributed by atoms with E-state index in [1.807, 2.05) is 13.8 Å². The second-order valence-corrected chi connectivity index (χ2v) is 5.73. The predicted molar refractivity (Wildman–Crippen MR) is 89.5 cm³/mol. The van der Waals surface area contributed by atoms with E-state index in [1.165, 1.54) is 14.2 Å². The number of Topliss-reactive ketones (excluding diaryl/α,β-unsaturated/α-hetero) is 1. The molecule has 1 aromatic heterocycles. The zero-order valence-corrected chi connectivity index (χ0v) is 14.9. The van der Waals surface area contributed by atoms with Crippen molar-refractivity contribution in [3.63, 3.8) is 0 Å². The van der Waals surface area contributed by atoms with Crippen LogP contribution in [-0.2, 0) is 4.74 Å². The molecule has 0 amide bonds. The smallest absolute Gasteiger partial charge is 0.344 e. The van der Waals surface area contributed by atoms with E-state index in [9.17, 15) is 9.59 Å². The highest BCUT2D eigenvalue weighted by atomic mass is 16.5. The Balaban J connectivity index is 2.15. The van der Waals surface area contributed by atoms with Crippen molar-refractivity contribution in [3.8, 4) is 11.5 Å². The SMILES string of the molecule is COc1ccc(OC)c(C(=O)COC(=O)c2c(C)noc2C(C)C)c1. The van der Waals surface area contributed by atoms with Crippen LogP contribution < -0.4 is 9.47 Å². The highest BCUT2D eigenvalue weighted by Gasteiger charge is 2.25. The van der Waals surface area contributed by atoms with Crippen molar-refractivity contribution in [1.29, 1.82) is 0 Å². The number of rotatable bonds is 7. The van der Waals surface area contributed by atoms with Crippen LogP contribution in [0.2, 0.25) is 0 Å². The number of nitrogens with zero attached hydrogens (tertiary/aromatic N) is 1. The fraction of sp³-hybridized carbons (Fsp3) is 0.389. The summed E-state index contributed by atoms with van der Waals surface area (Å²) in [6.45, 7) is 4.98. The van der Waals surface area contributed by atoms with Gasteiger partial charge in [0.15, 0.2) is 12.4 Å². The number of carbonyl (C=O) groups excluding carboxylic acids is 2. The molecule has 7 nitrogen and oxygen atoms in total. The summed E-state index contributed by atoms with van der Waals surface area (Å²) in [5.41, 5.74) is 0.973. The lowest BCUT2D eigenvalue weighted by molar-refractivity contribution is 0.0470. The number of methoxy groups -OCH3 is 2. The fourth-order valence-corrected chi connectivity index (χ4v) is 2.34. The second kappa shape index (κ2) is 7.83. The van der Waals surface area contributed by atoms with Crippen LogP contribution in [0.1, 0.15) is 51.9 Å². The first-order valence-corrected chi connectivity index (χ1v) is 7.77. The summed E-state index contributed by atoms with van der Waals surface area (Å²) >= 11 is 0. The Labute approximate surface area is 145 Å². The fourth-order valence-electron chi connectivity index (χ4n) is 2.34. The third kappa shape index (κ3) is 3.99. The van der Waals surface area contributed by atoms with E-state index in [2.05, 4.69) is 5.16 Å². The van der Waals surface area contributed by atoms with Crippen LogP contribution in [0.5, 0.6) is 11.5 Å². The molecule has 0 bridgehead atoms. The van der Waals surface area contributed by atoms with Gasteiger partial charge in [-0.2, -0.15) is 0 Å². The Morgan fingerprint density at radius 1 is 1.20 bits per heavy atom. The van der Waals surface area contributed by atoms with E-state index < -0.39 is 18.4 Å². The summed E-state index contributed by atoms with van der Waals surface area (Å²) in [7, 11) is 2.96. The molecule has 0 spiro atoms. The summed E-state index contributed by atoms with van der Waals surface area (Å²) in [4.78, 5) is 24.8. The van der Waals surface area contributed by atoms with Crippen molar-refractivity contribution in [2.24, 2.45) is 0 Å². The molecule has 1 heterocycles. The zero-order valence-electron chi connectivity index (χ0n) is 14.9. The first-order chi connectivity index (χ1) is 11.9. The van der Waals surface area contributed by atoms with Gasteiger partial charge in [-0.3, -0.25) is 4.79 Å². The number of hydrogen-bond donors (Lipinski definition) is 0. The van der Waals surface area contributed by atoms with E-state index in [0.717, 1.165) is 0 Å². The lowest BCUT2D eigenvalue weighted by Crippen LogP contribution is -2.16. The Morgan fingerprint density at radius 2 is 1.92 bits per heavy atom. The molecule has 0 aliphatic heterocycles. The third-order valence-electron chi connectivity index (χ3n) is 3.66. The van der Waals surface area contributed by atoms with Gasteiger partial charge < -0.3 is 18.7 Å². The number of ketones is 1. The maximum Gasteiger partial charge on any atom is 0.344 e. The Bertz CT molecular complexity index is 778. The van der Waals surface area contributed by atoms with Crippen LogP contribution in [0, 0.1) is 6.92 Å². The average molecular weight is 347 g/mol. The molecule has 0 radical (unpaired) electrons. The topological polar surface area (TPSA) is 87.9 Å². The van der Waals surface area contributed by atoms with Gasteiger partial charge in [-0.05, 0) is 25.1 Å². The van der Waals surface area contributed by atoms with Crippen LogP contribution >= 0.6 is 0 Å². The van der Waals surface area contributed by atoms with Crippen LogP contribution in [0.4, 0.5) is 0 Å². The molecule has 0 atom stereocenters. The molecule has 1 aromatic carbocycles. The minimum absolute atomic E-state index is 0.0297. The molecule has 0 N–H and O–H groups in total. The second-order valence-electron chi connectivity index (χ2n) is 5.73. The molecule has 2 aromatic rings. The molecule has 2 rings (SSSR count). The molecule has 7 heteroatoms.